The maximum Gasteiger partial charge on any atom is 0.274 e. The van der Waals surface area contributed by atoms with Crippen molar-refractivity contribution < 1.29 is 9.85 Å². The van der Waals surface area contributed by atoms with Crippen molar-refractivity contribution >= 4 is 50.2 Å². The molecule has 8 rings (SSSR count). The standard InChI is InChI=1S/C10H12N2O2.C10H10N2O2.C10H12N2.C10H13N.4C2H6/c2*1-2-7-5-8-3-4-11-9(8)6-10(7)12(13)14;1-2-7-5-8-3-4-12-10(8)6-9(7)11;1-2-8-3-4-10-9(7-8)5-6-11-10;4*1-2/h5-6,11H,2-4H2,1H3;3-6,11H,2H2,1H3;3-6,12H,2,11H2,1H3;3-4,7,11H,2,5-6H2,1H3;4*1-2H3. The molecule has 2 aliphatic rings. The van der Waals surface area contributed by atoms with Crippen molar-refractivity contribution in [3.05, 3.63) is 133 Å². The summed E-state index contributed by atoms with van der Waals surface area (Å²) < 4.78 is 0. The number of nitro benzene ring substituents is 2. The van der Waals surface area contributed by atoms with Gasteiger partial charge in [-0.25, -0.2) is 0 Å². The third-order valence-electron chi connectivity index (χ3n) is 9.40. The topological polar surface area (TPSA) is 168 Å². The van der Waals surface area contributed by atoms with E-state index in [-0.39, 0.29) is 21.2 Å². The molecule has 0 saturated heterocycles. The average molecular weight is 810 g/mol. The number of aryl methyl sites for hydroxylation is 4. The summed E-state index contributed by atoms with van der Waals surface area (Å²) in [7, 11) is 0. The normalized spacial score (nSPS) is 11.0. The van der Waals surface area contributed by atoms with Gasteiger partial charge in [-0.05, 0) is 109 Å². The number of nitrogen functional groups attached to an aromatic ring is 1. The molecule has 0 fully saturated rings. The minimum atomic E-state index is -0.334. The lowest BCUT2D eigenvalue weighted by Gasteiger charge is -2.04. The molecule has 0 radical (unpaired) electrons. The number of nitrogens with one attached hydrogen (secondary N) is 4. The van der Waals surface area contributed by atoms with E-state index < -0.39 is 0 Å². The van der Waals surface area contributed by atoms with Gasteiger partial charge in [0, 0.05) is 76.7 Å². The Labute approximate surface area is 352 Å². The molecule has 4 aromatic carbocycles. The van der Waals surface area contributed by atoms with Crippen LogP contribution in [0, 0.1) is 20.2 Å². The quantitative estimate of drug-likeness (QED) is 0.0634. The van der Waals surface area contributed by atoms with Crippen molar-refractivity contribution in [1.82, 2.24) is 9.97 Å². The number of benzene rings is 4. The minimum absolute atomic E-state index is 0.197. The molecule has 0 amide bonds. The highest BCUT2D eigenvalue weighted by molar-refractivity contribution is 5.84. The van der Waals surface area contributed by atoms with Gasteiger partial charge in [0.25, 0.3) is 11.4 Å². The Bertz CT molecular complexity index is 2150. The van der Waals surface area contributed by atoms with Gasteiger partial charge in [0.15, 0.2) is 0 Å². The van der Waals surface area contributed by atoms with E-state index in [1.807, 2.05) is 99.7 Å². The van der Waals surface area contributed by atoms with E-state index in [0.717, 1.165) is 71.3 Å². The van der Waals surface area contributed by atoms with Crippen LogP contribution < -0.4 is 16.4 Å². The van der Waals surface area contributed by atoms with Crippen LogP contribution in [0.25, 0.3) is 21.8 Å². The fourth-order valence-corrected chi connectivity index (χ4v) is 6.48. The van der Waals surface area contributed by atoms with Gasteiger partial charge in [-0.2, -0.15) is 0 Å². The molecule has 0 atom stereocenters. The molecule has 11 nitrogen and oxygen atoms in total. The molecule has 6 N–H and O–H groups in total. The predicted octanol–water partition coefficient (Wildman–Crippen LogP) is 13.4. The number of fused-ring (bicyclic) bond motifs is 4. The maximum atomic E-state index is 10.8. The number of aromatic amines is 2. The Hall–Kier alpha value is -5.84. The monoisotopic (exact) mass is 810 g/mol. The molecular formula is C48H71N7O4. The molecule has 0 bridgehead atoms. The van der Waals surface area contributed by atoms with Crippen LogP contribution in [0.2, 0.25) is 0 Å². The zero-order valence-corrected chi connectivity index (χ0v) is 37.8. The van der Waals surface area contributed by atoms with Gasteiger partial charge in [0.1, 0.15) is 0 Å². The molecule has 2 aromatic heterocycles. The van der Waals surface area contributed by atoms with Crippen molar-refractivity contribution in [3.63, 3.8) is 0 Å². The Kier molecular flexibility index (Phi) is 24.1. The largest absolute Gasteiger partial charge is 0.398 e. The van der Waals surface area contributed by atoms with Gasteiger partial charge in [0.05, 0.1) is 15.4 Å². The molecular weight excluding hydrogens is 739 g/mol. The molecule has 59 heavy (non-hydrogen) atoms. The van der Waals surface area contributed by atoms with Crippen molar-refractivity contribution in [3.8, 4) is 0 Å². The van der Waals surface area contributed by atoms with Gasteiger partial charge in [-0.1, -0.05) is 95.2 Å². The van der Waals surface area contributed by atoms with Gasteiger partial charge in [-0.3, -0.25) is 20.2 Å². The van der Waals surface area contributed by atoms with Gasteiger partial charge < -0.3 is 26.3 Å². The Balaban J connectivity index is 0.000000373. The van der Waals surface area contributed by atoms with E-state index in [1.165, 1.54) is 39.7 Å². The number of hydrogen-bond acceptors (Lipinski definition) is 7. The van der Waals surface area contributed by atoms with Gasteiger partial charge >= 0.3 is 0 Å². The molecule has 6 aromatic rings. The smallest absolute Gasteiger partial charge is 0.274 e. The molecule has 11 heteroatoms. The van der Waals surface area contributed by atoms with E-state index in [4.69, 9.17) is 5.73 Å². The second kappa shape index (κ2) is 27.7. The van der Waals surface area contributed by atoms with Crippen molar-refractivity contribution in [2.24, 2.45) is 0 Å². The van der Waals surface area contributed by atoms with Crippen LogP contribution in [-0.2, 0) is 38.5 Å². The lowest BCUT2D eigenvalue weighted by molar-refractivity contribution is -0.385. The third-order valence-corrected chi connectivity index (χ3v) is 9.40. The van der Waals surface area contributed by atoms with Crippen molar-refractivity contribution in [2.75, 3.05) is 29.5 Å². The molecule has 0 unspecified atom stereocenters. The van der Waals surface area contributed by atoms with Crippen molar-refractivity contribution in [1.29, 1.82) is 0 Å². The number of nitrogens with two attached hydrogens (primary N) is 1. The first kappa shape index (κ1) is 51.2. The first-order valence-electron chi connectivity index (χ1n) is 21.6. The van der Waals surface area contributed by atoms with E-state index in [9.17, 15) is 20.2 Å². The SMILES string of the molecule is CC.CC.CC.CC.CCc1cc2c(cc1[N+](=O)[O-])NCC2.CCc1cc2cc[nH]c2cc1N.CCc1cc2cc[nH]c2cc1[N+](=O)[O-].CCc1ccc2c(c1)CCN2. The van der Waals surface area contributed by atoms with Crippen LogP contribution in [0.5, 0.6) is 0 Å². The molecule has 0 spiro atoms. The first-order valence-corrected chi connectivity index (χ1v) is 21.6. The number of rotatable bonds is 6. The fraction of sp³-hybridized carbons (Fsp3) is 0.417. The first-order chi connectivity index (χ1) is 28.6. The molecule has 0 saturated carbocycles. The summed E-state index contributed by atoms with van der Waals surface area (Å²) in [4.78, 5) is 26.9. The fourth-order valence-electron chi connectivity index (χ4n) is 6.48. The third kappa shape index (κ3) is 14.5. The lowest BCUT2D eigenvalue weighted by Crippen LogP contribution is -1.96. The van der Waals surface area contributed by atoms with Crippen LogP contribution in [0.15, 0.2) is 79.1 Å². The zero-order valence-electron chi connectivity index (χ0n) is 37.8. The number of nitro groups is 2. The van der Waals surface area contributed by atoms with Crippen LogP contribution in [0.1, 0.15) is 116 Å². The summed E-state index contributed by atoms with van der Waals surface area (Å²) in [6.45, 7) is 26.2. The molecule has 0 aliphatic carbocycles. The van der Waals surface area contributed by atoms with E-state index in [2.05, 4.69) is 64.8 Å². The number of anilines is 3. The lowest BCUT2D eigenvalue weighted by atomic mass is 10.0. The highest BCUT2D eigenvalue weighted by atomic mass is 16.6. The summed E-state index contributed by atoms with van der Waals surface area (Å²) in [6.07, 6.45) is 9.42. The Morgan fingerprint density at radius 3 is 1.51 bits per heavy atom. The summed E-state index contributed by atoms with van der Waals surface area (Å²) in [5, 5.41) is 30.2. The van der Waals surface area contributed by atoms with Crippen molar-refractivity contribution in [2.45, 2.75) is 122 Å². The second-order valence-corrected chi connectivity index (χ2v) is 12.6. The van der Waals surface area contributed by atoms with Crippen LogP contribution in [0.4, 0.5) is 28.4 Å². The summed E-state index contributed by atoms with van der Waals surface area (Å²) in [5.41, 5.74) is 18.3. The zero-order chi connectivity index (χ0) is 44.5. The number of hydrogen-bond donors (Lipinski definition) is 5. The molecule has 4 heterocycles. The molecule has 322 valence electrons. The second-order valence-electron chi connectivity index (χ2n) is 12.6. The minimum Gasteiger partial charge on any atom is -0.398 e. The van der Waals surface area contributed by atoms with Crippen LogP contribution in [-0.4, -0.2) is 32.9 Å². The highest BCUT2D eigenvalue weighted by Gasteiger charge is 2.19. The van der Waals surface area contributed by atoms with E-state index in [1.54, 1.807) is 18.3 Å². The number of aromatic nitrogens is 2. The Morgan fingerprint density at radius 1 is 0.542 bits per heavy atom. The Morgan fingerprint density at radius 2 is 1.00 bits per heavy atom. The summed E-state index contributed by atoms with van der Waals surface area (Å²) in [6, 6.07) is 21.9. The van der Waals surface area contributed by atoms with Gasteiger partial charge in [-0.15, -0.1) is 0 Å². The van der Waals surface area contributed by atoms with E-state index >= 15 is 0 Å². The number of H-pyrrole nitrogens is 2. The van der Waals surface area contributed by atoms with E-state index in [0.29, 0.717) is 12.8 Å². The number of nitrogens with zero attached hydrogens (tertiary/aromatic N) is 2. The highest BCUT2D eigenvalue weighted by Crippen LogP contribution is 2.31. The summed E-state index contributed by atoms with van der Waals surface area (Å²) >= 11 is 0. The summed E-state index contributed by atoms with van der Waals surface area (Å²) in [5.74, 6) is 0. The molecule has 2 aliphatic heterocycles. The van der Waals surface area contributed by atoms with Crippen LogP contribution in [0.3, 0.4) is 0 Å². The predicted molar refractivity (Wildman–Crippen MR) is 254 cm³/mol. The maximum absolute atomic E-state index is 10.8. The van der Waals surface area contributed by atoms with Gasteiger partial charge in [0.2, 0.25) is 0 Å². The van der Waals surface area contributed by atoms with Crippen LogP contribution >= 0.6 is 0 Å². The average Bonchev–Trinajstić information content (AvgIpc) is 4.13.